The largest absolute Gasteiger partial charge is 0.327 e. The summed E-state index contributed by atoms with van der Waals surface area (Å²) in [4.78, 5) is 30.4. The van der Waals surface area contributed by atoms with Crippen LogP contribution >= 0.6 is 11.3 Å². The molecule has 2 amide bonds. The lowest BCUT2D eigenvalue weighted by Gasteiger charge is -2.37. The van der Waals surface area contributed by atoms with Crippen molar-refractivity contribution in [2.75, 3.05) is 25.5 Å². The maximum absolute atomic E-state index is 13.2. The van der Waals surface area contributed by atoms with E-state index in [-0.39, 0.29) is 17.7 Å². The van der Waals surface area contributed by atoms with Gasteiger partial charge in [0.25, 0.3) is 5.91 Å². The minimum atomic E-state index is -0.464. The zero-order chi connectivity index (χ0) is 19.2. The Morgan fingerprint density at radius 3 is 2.74 bits per heavy atom. The van der Waals surface area contributed by atoms with Gasteiger partial charge in [0, 0.05) is 11.5 Å². The smallest absolute Gasteiger partial charge is 0.266 e. The van der Waals surface area contributed by atoms with Crippen LogP contribution in [0.15, 0.2) is 17.5 Å². The monoisotopic (exact) mass is 387 g/mol. The second-order valence-electron chi connectivity index (χ2n) is 7.92. The van der Waals surface area contributed by atoms with E-state index in [2.05, 4.69) is 27.5 Å². The van der Waals surface area contributed by atoms with Crippen LogP contribution in [0.3, 0.4) is 0 Å². The molecule has 0 bridgehead atoms. The van der Waals surface area contributed by atoms with Crippen LogP contribution in [0.2, 0.25) is 0 Å². The molecule has 2 aliphatic rings. The molecule has 0 unspecified atom stereocenters. The van der Waals surface area contributed by atoms with Gasteiger partial charge in [-0.2, -0.15) is 5.10 Å². The number of fused-ring (bicyclic) bond motifs is 1. The van der Waals surface area contributed by atoms with Crippen LogP contribution in [0.1, 0.15) is 47.6 Å². The van der Waals surface area contributed by atoms with E-state index in [9.17, 15) is 9.59 Å². The standard InChI is InChI=1S/C19H25N5O2S/c1-19(2)15-13(11-24(19)18(26)12-6-8-23(3)9-7-12)16(22-21-15)20-17(25)14-5-4-10-27-14/h4-5,10,12H,6-9,11H2,1-3H3,(H2,20,21,22,25). The second-order valence-corrected chi connectivity index (χ2v) is 8.87. The topological polar surface area (TPSA) is 81.3 Å². The normalized spacial score (nSPS) is 19.9. The highest BCUT2D eigenvalue weighted by atomic mass is 32.1. The molecule has 0 saturated carbocycles. The van der Waals surface area contributed by atoms with E-state index in [4.69, 9.17) is 0 Å². The minimum absolute atomic E-state index is 0.0709. The van der Waals surface area contributed by atoms with Gasteiger partial charge in [0.2, 0.25) is 5.91 Å². The number of hydrogen-bond donors (Lipinski definition) is 2. The van der Waals surface area contributed by atoms with E-state index in [1.54, 1.807) is 6.07 Å². The van der Waals surface area contributed by atoms with E-state index < -0.39 is 5.54 Å². The van der Waals surface area contributed by atoms with Crippen molar-refractivity contribution in [3.8, 4) is 0 Å². The first-order valence-corrected chi connectivity index (χ1v) is 10.2. The van der Waals surface area contributed by atoms with Gasteiger partial charge in [0.1, 0.15) is 0 Å². The molecule has 1 fully saturated rings. The average Bonchev–Trinajstić information content (AvgIpc) is 3.34. The summed E-state index contributed by atoms with van der Waals surface area (Å²) in [5.74, 6) is 0.627. The number of rotatable bonds is 3. The number of likely N-dealkylation sites (tertiary alicyclic amines) is 1. The van der Waals surface area contributed by atoms with Crippen molar-refractivity contribution in [2.45, 2.75) is 38.8 Å². The molecule has 2 N–H and O–H groups in total. The van der Waals surface area contributed by atoms with Gasteiger partial charge in [-0.05, 0) is 58.3 Å². The number of carbonyl (C=O) groups is 2. The highest BCUT2D eigenvalue weighted by molar-refractivity contribution is 7.12. The van der Waals surface area contributed by atoms with Crippen molar-refractivity contribution in [1.29, 1.82) is 0 Å². The van der Waals surface area contributed by atoms with Crippen LogP contribution in [0.4, 0.5) is 5.82 Å². The zero-order valence-electron chi connectivity index (χ0n) is 15.9. The lowest BCUT2D eigenvalue weighted by molar-refractivity contribution is -0.142. The van der Waals surface area contributed by atoms with Crippen molar-refractivity contribution in [3.63, 3.8) is 0 Å². The maximum Gasteiger partial charge on any atom is 0.266 e. The Kier molecular flexibility index (Phi) is 4.55. The number of amides is 2. The van der Waals surface area contributed by atoms with Crippen molar-refractivity contribution in [2.24, 2.45) is 5.92 Å². The number of carbonyl (C=O) groups excluding carboxylic acids is 2. The molecule has 2 aromatic rings. The predicted octanol–water partition coefficient (Wildman–Crippen LogP) is 2.64. The van der Waals surface area contributed by atoms with Gasteiger partial charge in [-0.3, -0.25) is 14.7 Å². The number of nitrogens with zero attached hydrogens (tertiary/aromatic N) is 3. The van der Waals surface area contributed by atoms with Gasteiger partial charge in [0.15, 0.2) is 5.82 Å². The molecule has 0 radical (unpaired) electrons. The van der Waals surface area contributed by atoms with Crippen LogP contribution in [0.25, 0.3) is 0 Å². The first-order valence-electron chi connectivity index (χ1n) is 9.30. The molecule has 0 spiro atoms. The molecule has 1 saturated heterocycles. The molecule has 4 heterocycles. The summed E-state index contributed by atoms with van der Waals surface area (Å²) in [5.41, 5.74) is 1.35. The fourth-order valence-corrected chi connectivity index (χ4v) is 4.64. The number of piperidine rings is 1. The van der Waals surface area contributed by atoms with Crippen molar-refractivity contribution < 1.29 is 9.59 Å². The molecule has 0 aromatic carbocycles. The summed E-state index contributed by atoms with van der Waals surface area (Å²) in [6.45, 7) is 6.47. The summed E-state index contributed by atoms with van der Waals surface area (Å²) in [5, 5.41) is 12.1. The third-order valence-electron chi connectivity index (χ3n) is 5.78. The summed E-state index contributed by atoms with van der Waals surface area (Å²) in [6.07, 6.45) is 1.80. The Balaban J connectivity index is 1.53. The molecule has 7 nitrogen and oxygen atoms in total. The van der Waals surface area contributed by atoms with Crippen LogP contribution in [0, 0.1) is 5.92 Å². The van der Waals surface area contributed by atoms with E-state index in [0.717, 1.165) is 37.2 Å². The second kappa shape index (κ2) is 6.76. The Hall–Kier alpha value is -2.19. The van der Waals surface area contributed by atoms with Crippen molar-refractivity contribution in [1.82, 2.24) is 20.0 Å². The summed E-state index contributed by atoms with van der Waals surface area (Å²) >= 11 is 1.39. The fourth-order valence-electron chi connectivity index (χ4n) is 4.03. The number of nitrogens with one attached hydrogen (secondary N) is 2. The van der Waals surface area contributed by atoms with E-state index in [0.29, 0.717) is 17.2 Å². The number of anilines is 1. The van der Waals surface area contributed by atoms with Crippen LogP contribution in [-0.4, -0.2) is 51.9 Å². The number of thiophene rings is 1. The first-order chi connectivity index (χ1) is 12.9. The zero-order valence-corrected chi connectivity index (χ0v) is 16.7. The van der Waals surface area contributed by atoms with Gasteiger partial charge in [0.05, 0.1) is 22.7 Å². The molecule has 27 heavy (non-hydrogen) atoms. The molecule has 4 rings (SSSR count). The number of H-pyrrole nitrogens is 1. The van der Waals surface area contributed by atoms with E-state index >= 15 is 0 Å². The van der Waals surface area contributed by atoms with Crippen LogP contribution in [0.5, 0.6) is 0 Å². The number of hydrogen-bond acceptors (Lipinski definition) is 5. The van der Waals surface area contributed by atoms with Crippen molar-refractivity contribution in [3.05, 3.63) is 33.6 Å². The summed E-state index contributed by atoms with van der Waals surface area (Å²) in [7, 11) is 2.10. The summed E-state index contributed by atoms with van der Waals surface area (Å²) in [6, 6.07) is 3.63. The molecular weight excluding hydrogens is 362 g/mol. The van der Waals surface area contributed by atoms with E-state index in [1.807, 2.05) is 30.2 Å². The highest BCUT2D eigenvalue weighted by Gasteiger charge is 2.45. The Morgan fingerprint density at radius 1 is 1.33 bits per heavy atom. The third-order valence-corrected chi connectivity index (χ3v) is 6.65. The van der Waals surface area contributed by atoms with Crippen molar-refractivity contribution >= 4 is 29.0 Å². The molecule has 2 aliphatic heterocycles. The highest BCUT2D eigenvalue weighted by Crippen LogP contribution is 2.42. The van der Waals surface area contributed by atoms with Gasteiger partial charge in [-0.1, -0.05) is 6.07 Å². The molecule has 144 valence electrons. The minimum Gasteiger partial charge on any atom is -0.327 e. The van der Waals surface area contributed by atoms with Gasteiger partial charge in [-0.25, -0.2) is 0 Å². The Labute approximate surface area is 162 Å². The van der Waals surface area contributed by atoms with Gasteiger partial charge < -0.3 is 15.1 Å². The SMILES string of the molecule is CN1CCC(C(=O)N2Cc3c(NC(=O)c4cccs4)n[nH]c3C2(C)C)CC1. The molecular formula is C19H25N5O2S. The van der Waals surface area contributed by atoms with E-state index in [1.165, 1.54) is 11.3 Å². The number of aromatic nitrogens is 2. The Morgan fingerprint density at radius 2 is 2.07 bits per heavy atom. The lowest BCUT2D eigenvalue weighted by Crippen LogP contribution is -2.46. The van der Waals surface area contributed by atoms with Crippen LogP contribution < -0.4 is 5.32 Å². The first kappa shape index (κ1) is 18.2. The quantitative estimate of drug-likeness (QED) is 0.848. The Bertz CT molecular complexity index is 850. The molecule has 2 aromatic heterocycles. The molecule has 0 atom stereocenters. The summed E-state index contributed by atoms with van der Waals surface area (Å²) < 4.78 is 0. The van der Waals surface area contributed by atoms with Crippen LogP contribution in [-0.2, 0) is 16.9 Å². The molecule has 0 aliphatic carbocycles. The number of aromatic amines is 1. The predicted molar refractivity (Wildman–Crippen MR) is 105 cm³/mol. The van der Waals surface area contributed by atoms with Gasteiger partial charge in [-0.15, -0.1) is 11.3 Å². The fraction of sp³-hybridized carbons (Fsp3) is 0.526. The maximum atomic E-state index is 13.2. The van der Waals surface area contributed by atoms with Gasteiger partial charge >= 0.3 is 0 Å². The average molecular weight is 388 g/mol. The lowest BCUT2D eigenvalue weighted by atomic mass is 9.93. The molecule has 8 heteroatoms. The third kappa shape index (κ3) is 3.17.